The van der Waals surface area contributed by atoms with Gasteiger partial charge in [0.2, 0.25) is 0 Å². The van der Waals surface area contributed by atoms with Gasteiger partial charge < -0.3 is 10.8 Å². The molecule has 5 N–H and O–H groups in total. The molecule has 2 aromatic rings. The third kappa shape index (κ3) is 14.2. The van der Waals surface area contributed by atoms with Crippen LogP contribution in [0.25, 0.3) is 12.2 Å². The number of aliphatic hydroxyl groups is 1. The Morgan fingerprint density at radius 2 is 1.55 bits per heavy atom. The molecule has 0 bridgehead atoms. The molecule has 2 aromatic carbocycles. The number of benzene rings is 2. The summed E-state index contributed by atoms with van der Waals surface area (Å²) in [6.07, 6.45) is 8.07. The average Bonchev–Trinajstić information content (AvgIpc) is 2.68. The summed E-state index contributed by atoms with van der Waals surface area (Å²) in [6, 6.07) is 17.7. The Bertz CT molecular complexity index is 833. The van der Waals surface area contributed by atoms with Crippen LogP contribution in [0.3, 0.4) is 0 Å². The SMILES string of the molecule is CCCCC.N=C(N)c1ccccc1C=Cc1ccccc1.O=S(=O)(O)CCO. The maximum atomic E-state index is 9.63. The second-order valence-electron chi connectivity index (χ2n) is 6.11. The van der Waals surface area contributed by atoms with Crippen molar-refractivity contribution in [1.82, 2.24) is 0 Å². The molecule has 0 heterocycles. The zero-order chi connectivity index (χ0) is 22.1. The minimum absolute atomic E-state index is 0.0957. The quantitative estimate of drug-likeness (QED) is 0.231. The normalized spacial score (nSPS) is 10.5. The average molecular weight is 421 g/mol. The fourth-order valence-corrected chi connectivity index (χ4v) is 2.34. The second kappa shape index (κ2) is 15.4. The summed E-state index contributed by atoms with van der Waals surface area (Å²) in [5.41, 5.74) is 8.39. The summed E-state index contributed by atoms with van der Waals surface area (Å²) in [5, 5.41) is 15.4. The predicted octanol–water partition coefficient (Wildman–Crippen LogP) is 4.20. The van der Waals surface area contributed by atoms with Gasteiger partial charge in [-0.15, -0.1) is 0 Å². The van der Waals surface area contributed by atoms with Crippen LogP contribution in [-0.2, 0) is 10.1 Å². The van der Waals surface area contributed by atoms with E-state index in [0.29, 0.717) is 0 Å². The van der Waals surface area contributed by atoms with Gasteiger partial charge in [0.25, 0.3) is 10.1 Å². The Morgan fingerprint density at radius 1 is 1.00 bits per heavy atom. The van der Waals surface area contributed by atoms with E-state index in [-0.39, 0.29) is 5.84 Å². The number of nitrogen functional groups attached to an aromatic ring is 1. The number of hydrogen-bond donors (Lipinski definition) is 4. The molecule has 0 fully saturated rings. The predicted molar refractivity (Wildman–Crippen MR) is 122 cm³/mol. The molecule has 6 nitrogen and oxygen atoms in total. The van der Waals surface area contributed by atoms with Gasteiger partial charge in [-0.05, 0) is 11.1 Å². The highest BCUT2D eigenvalue weighted by molar-refractivity contribution is 7.85. The maximum absolute atomic E-state index is 9.63. The van der Waals surface area contributed by atoms with Gasteiger partial charge in [0.1, 0.15) is 5.84 Å². The molecule has 0 aliphatic rings. The Morgan fingerprint density at radius 3 is 1.97 bits per heavy atom. The van der Waals surface area contributed by atoms with Gasteiger partial charge in [0.05, 0.1) is 12.4 Å². The first-order valence-corrected chi connectivity index (χ1v) is 11.1. The van der Waals surface area contributed by atoms with Crippen LogP contribution in [0.5, 0.6) is 0 Å². The summed E-state index contributed by atoms with van der Waals surface area (Å²) < 4.78 is 27.1. The first kappa shape index (κ1) is 26.5. The number of unbranched alkanes of at least 4 members (excludes halogenated alkanes) is 2. The monoisotopic (exact) mass is 420 g/mol. The fourth-order valence-electron chi connectivity index (χ4n) is 2.11. The van der Waals surface area contributed by atoms with E-state index in [1.54, 1.807) is 0 Å². The van der Waals surface area contributed by atoms with Crippen molar-refractivity contribution in [3.05, 3.63) is 71.3 Å². The number of aliphatic hydroxyl groups excluding tert-OH is 1. The van der Waals surface area contributed by atoms with E-state index in [4.69, 9.17) is 20.8 Å². The maximum Gasteiger partial charge on any atom is 0.267 e. The Balaban J connectivity index is 0.000000543. The van der Waals surface area contributed by atoms with Crippen molar-refractivity contribution in [2.24, 2.45) is 5.73 Å². The summed E-state index contributed by atoms with van der Waals surface area (Å²) in [5.74, 6) is -0.481. The number of rotatable bonds is 7. The van der Waals surface area contributed by atoms with Gasteiger partial charge in [0.15, 0.2) is 0 Å². The van der Waals surface area contributed by atoms with Crippen LogP contribution in [0.15, 0.2) is 54.6 Å². The van der Waals surface area contributed by atoms with Crippen LogP contribution in [0.1, 0.15) is 49.8 Å². The summed E-state index contributed by atoms with van der Waals surface area (Å²) in [6.45, 7) is 3.89. The molecule has 0 aliphatic carbocycles. The van der Waals surface area contributed by atoms with E-state index in [2.05, 4.69) is 13.8 Å². The van der Waals surface area contributed by atoms with Crippen LogP contribution in [0.2, 0.25) is 0 Å². The van der Waals surface area contributed by atoms with E-state index in [1.165, 1.54) is 19.3 Å². The Labute approximate surface area is 174 Å². The molecule has 7 heteroatoms. The molecular formula is C22H32N2O4S. The summed E-state index contributed by atoms with van der Waals surface area (Å²) in [7, 11) is -3.92. The lowest BCUT2D eigenvalue weighted by Crippen LogP contribution is -2.12. The zero-order valence-electron chi connectivity index (χ0n) is 17.1. The molecule has 0 spiro atoms. The molecule has 0 aliphatic heterocycles. The van der Waals surface area contributed by atoms with E-state index in [1.807, 2.05) is 66.7 Å². The molecule has 0 atom stereocenters. The Kier molecular flexibility index (Phi) is 14.1. The van der Waals surface area contributed by atoms with E-state index in [0.717, 1.165) is 16.7 Å². The largest absolute Gasteiger partial charge is 0.395 e. The number of nitrogens with one attached hydrogen (secondary N) is 1. The van der Waals surface area contributed by atoms with Crippen molar-refractivity contribution in [2.45, 2.75) is 33.1 Å². The molecule has 160 valence electrons. The smallest absolute Gasteiger partial charge is 0.267 e. The second-order valence-corrected chi connectivity index (χ2v) is 7.68. The van der Waals surface area contributed by atoms with Crippen molar-refractivity contribution >= 4 is 28.1 Å². The lowest BCUT2D eigenvalue weighted by atomic mass is 10.1. The van der Waals surface area contributed by atoms with Crippen molar-refractivity contribution in [3.63, 3.8) is 0 Å². The van der Waals surface area contributed by atoms with Gasteiger partial charge >= 0.3 is 0 Å². The molecule has 0 saturated carbocycles. The van der Waals surface area contributed by atoms with Crippen LogP contribution in [0.4, 0.5) is 0 Å². The fraction of sp³-hybridized carbons (Fsp3) is 0.318. The molecule has 29 heavy (non-hydrogen) atoms. The van der Waals surface area contributed by atoms with Gasteiger partial charge in [-0.3, -0.25) is 9.96 Å². The van der Waals surface area contributed by atoms with Gasteiger partial charge in [-0.25, -0.2) is 0 Å². The van der Waals surface area contributed by atoms with Gasteiger partial charge in [0, 0.05) is 5.56 Å². The summed E-state index contributed by atoms with van der Waals surface area (Å²) in [4.78, 5) is 0. The standard InChI is InChI=1S/C15H14N2.C5H12.C2H6O4S/c16-15(17)14-9-5-4-8-13(14)11-10-12-6-2-1-3-7-12;1-3-5-4-2;3-1-2-7(4,5)6/h1-11H,(H3,16,17);3-5H2,1-2H3;3H,1-2H2,(H,4,5,6). The topological polar surface area (TPSA) is 124 Å². The lowest BCUT2D eigenvalue weighted by molar-refractivity contribution is 0.315. The van der Waals surface area contributed by atoms with Crippen molar-refractivity contribution < 1.29 is 18.1 Å². The number of hydrogen-bond acceptors (Lipinski definition) is 4. The van der Waals surface area contributed by atoms with E-state index in [9.17, 15) is 8.42 Å². The molecule has 0 radical (unpaired) electrons. The van der Waals surface area contributed by atoms with E-state index < -0.39 is 22.5 Å². The highest BCUT2D eigenvalue weighted by Crippen LogP contribution is 2.12. The van der Waals surface area contributed by atoms with Crippen molar-refractivity contribution in [1.29, 1.82) is 5.41 Å². The van der Waals surface area contributed by atoms with Crippen LogP contribution in [0, 0.1) is 5.41 Å². The zero-order valence-corrected chi connectivity index (χ0v) is 17.9. The first-order valence-electron chi connectivity index (χ1n) is 9.47. The summed E-state index contributed by atoms with van der Waals surface area (Å²) >= 11 is 0. The highest BCUT2D eigenvalue weighted by atomic mass is 32.2. The van der Waals surface area contributed by atoms with Crippen molar-refractivity contribution in [2.75, 3.05) is 12.4 Å². The van der Waals surface area contributed by atoms with Crippen LogP contribution < -0.4 is 5.73 Å². The molecule has 0 aromatic heterocycles. The molecular weight excluding hydrogens is 388 g/mol. The third-order valence-electron chi connectivity index (χ3n) is 3.56. The van der Waals surface area contributed by atoms with Crippen molar-refractivity contribution in [3.8, 4) is 0 Å². The Hall–Kier alpha value is -2.48. The molecule has 2 rings (SSSR count). The highest BCUT2D eigenvalue weighted by Gasteiger charge is 2.00. The van der Waals surface area contributed by atoms with Gasteiger partial charge in [-0.1, -0.05) is 99.9 Å². The van der Waals surface area contributed by atoms with Crippen LogP contribution >= 0.6 is 0 Å². The number of amidine groups is 1. The van der Waals surface area contributed by atoms with E-state index >= 15 is 0 Å². The molecule has 0 amide bonds. The number of nitrogens with two attached hydrogens (primary N) is 1. The minimum Gasteiger partial charge on any atom is -0.395 e. The van der Waals surface area contributed by atoms with Crippen LogP contribution in [-0.4, -0.2) is 36.3 Å². The van der Waals surface area contributed by atoms with Gasteiger partial charge in [-0.2, -0.15) is 8.42 Å². The first-order chi connectivity index (χ1) is 13.7. The third-order valence-corrected chi connectivity index (χ3v) is 4.26. The lowest BCUT2D eigenvalue weighted by Gasteiger charge is -2.02. The minimum atomic E-state index is -3.92. The molecule has 0 unspecified atom stereocenters. The molecule has 0 saturated heterocycles.